The summed E-state index contributed by atoms with van der Waals surface area (Å²) in [4.78, 5) is 27.7. The van der Waals surface area contributed by atoms with E-state index < -0.39 is 0 Å². The van der Waals surface area contributed by atoms with Gasteiger partial charge in [0, 0.05) is 52.9 Å². The minimum absolute atomic E-state index is 0.190. The van der Waals surface area contributed by atoms with E-state index in [2.05, 4.69) is 15.3 Å². The highest BCUT2D eigenvalue weighted by Gasteiger charge is 2.19. The molecule has 1 fully saturated rings. The predicted octanol–water partition coefficient (Wildman–Crippen LogP) is -0.313. The Morgan fingerprint density at radius 2 is 2.00 bits per heavy atom. The fourth-order valence-electron chi connectivity index (χ4n) is 2.47. The molecule has 1 N–H and O–H groups in total. The summed E-state index contributed by atoms with van der Waals surface area (Å²) >= 11 is 0. The number of aromatic nitrogens is 2. The van der Waals surface area contributed by atoms with Crippen molar-refractivity contribution in [2.24, 2.45) is 0 Å². The molecule has 0 spiro atoms. The molecular formula is C17H30N6O3. The summed E-state index contributed by atoms with van der Waals surface area (Å²) in [5.41, 5.74) is 0.375. The molecule has 26 heavy (non-hydrogen) atoms. The van der Waals surface area contributed by atoms with Gasteiger partial charge in [0.15, 0.2) is 0 Å². The number of hydrogen-bond acceptors (Lipinski definition) is 8. The van der Waals surface area contributed by atoms with E-state index >= 15 is 0 Å². The molecule has 9 heteroatoms. The maximum absolute atomic E-state index is 12.5. The molecule has 2 heterocycles. The van der Waals surface area contributed by atoms with Gasteiger partial charge in [0.25, 0.3) is 5.91 Å². The van der Waals surface area contributed by atoms with E-state index in [1.807, 2.05) is 35.8 Å². The first-order chi connectivity index (χ1) is 12.5. The highest BCUT2D eigenvalue weighted by Crippen LogP contribution is 2.18. The molecule has 0 bridgehead atoms. The molecule has 0 saturated carbocycles. The number of nitrogens with zero attached hydrogens (tertiary/aromatic N) is 5. The monoisotopic (exact) mass is 366 g/mol. The zero-order valence-electron chi connectivity index (χ0n) is 16.2. The first-order valence-corrected chi connectivity index (χ1v) is 8.86. The normalized spacial score (nSPS) is 14.6. The van der Waals surface area contributed by atoms with E-state index in [-0.39, 0.29) is 5.91 Å². The number of methoxy groups -OCH3 is 1. The van der Waals surface area contributed by atoms with Gasteiger partial charge in [-0.3, -0.25) is 4.79 Å². The number of anilines is 2. The van der Waals surface area contributed by atoms with E-state index in [0.29, 0.717) is 63.5 Å². The quantitative estimate of drug-likeness (QED) is 0.637. The van der Waals surface area contributed by atoms with Crippen LogP contribution in [0.15, 0.2) is 6.07 Å². The number of hydrogen-bond donors (Lipinski definition) is 1. The van der Waals surface area contributed by atoms with Crippen LogP contribution in [0.3, 0.4) is 0 Å². The van der Waals surface area contributed by atoms with Crippen molar-refractivity contribution in [2.45, 2.75) is 0 Å². The van der Waals surface area contributed by atoms with Crippen LogP contribution in [0.1, 0.15) is 10.5 Å². The average molecular weight is 366 g/mol. The fraction of sp³-hybridized carbons (Fsp3) is 0.706. The standard InChI is InChI=1S/C17H30N6O3/c1-21(2)6-5-18-16(24)14-13-15(22(3)7-10-25-4)20-17(19-14)23-8-11-26-12-9-23/h13H,5-12H2,1-4H3,(H,18,24). The Morgan fingerprint density at radius 3 is 2.65 bits per heavy atom. The van der Waals surface area contributed by atoms with E-state index in [1.54, 1.807) is 13.2 Å². The first kappa shape index (κ1) is 20.3. The van der Waals surface area contributed by atoms with E-state index in [0.717, 1.165) is 6.54 Å². The van der Waals surface area contributed by atoms with E-state index in [9.17, 15) is 4.79 Å². The van der Waals surface area contributed by atoms with Crippen molar-refractivity contribution in [1.82, 2.24) is 20.2 Å². The third kappa shape index (κ3) is 6.08. The Morgan fingerprint density at radius 1 is 1.27 bits per heavy atom. The number of carbonyl (C=O) groups excluding carboxylic acids is 1. The summed E-state index contributed by atoms with van der Waals surface area (Å²) in [5.74, 6) is 1.08. The predicted molar refractivity (Wildman–Crippen MR) is 101 cm³/mol. The first-order valence-electron chi connectivity index (χ1n) is 8.86. The molecule has 0 aromatic carbocycles. The van der Waals surface area contributed by atoms with Gasteiger partial charge in [-0.25, -0.2) is 4.98 Å². The zero-order chi connectivity index (χ0) is 18.9. The van der Waals surface area contributed by atoms with Gasteiger partial charge >= 0.3 is 0 Å². The van der Waals surface area contributed by atoms with Gasteiger partial charge in [0.05, 0.1) is 19.8 Å². The summed E-state index contributed by atoms with van der Waals surface area (Å²) in [6, 6.07) is 1.73. The van der Waals surface area contributed by atoms with Crippen molar-refractivity contribution in [2.75, 3.05) is 90.6 Å². The zero-order valence-corrected chi connectivity index (χ0v) is 16.2. The van der Waals surface area contributed by atoms with Crippen LogP contribution in [0.4, 0.5) is 11.8 Å². The molecule has 1 amide bonds. The van der Waals surface area contributed by atoms with Crippen molar-refractivity contribution in [3.63, 3.8) is 0 Å². The van der Waals surface area contributed by atoms with Crippen LogP contribution in [0.25, 0.3) is 0 Å². The van der Waals surface area contributed by atoms with Gasteiger partial charge in [-0.15, -0.1) is 0 Å². The van der Waals surface area contributed by atoms with Crippen LogP contribution in [-0.4, -0.2) is 102 Å². The van der Waals surface area contributed by atoms with Crippen LogP contribution >= 0.6 is 0 Å². The van der Waals surface area contributed by atoms with Gasteiger partial charge in [-0.1, -0.05) is 0 Å². The highest BCUT2D eigenvalue weighted by atomic mass is 16.5. The summed E-state index contributed by atoms with van der Waals surface area (Å²) in [6.07, 6.45) is 0. The highest BCUT2D eigenvalue weighted by molar-refractivity contribution is 5.93. The number of likely N-dealkylation sites (N-methyl/N-ethyl adjacent to an activating group) is 2. The lowest BCUT2D eigenvalue weighted by molar-refractivity contribution is 0.0945. The lowest BCUT2D eigenvalue weighted by Crippen LogP contribution is -2.38. The van der Waals surface area contributed by atoms with Crippen molar-refractivity contribution >= 4 is 17.7 Å². The van der Waals surface area contributed by atoms with Gasteiger partial charge in [0.2, 0.25) is 5.95 Å². The van der Waals surface area contributed by atoms with Crippen molar-refractivity contribution in [1.29, 1.82) is 0 Å². The Hall–Kier alpha value is -1.97. The number of amides is 1. The molecule has 1 aromatic heterocycles. The number of nitrogens with one attached hydrogen (secondary N) is 1. The minimum atomic E-state index is -0.190. The van der Waals surface area contributed by atoms with Crippen LogP contribution in [0, 0.1) is 0 Å². The molecular weight excluding hydrogens is 336 g/mol. The molecule has 0 unspecified atom stereocenters. The van der Waals surface area contributed by atoms with Crippen molar-refractivity contribution in [3.8, 4) is 0 Å². The van der Waals surface area contributed by atoms with Crippen LogP contribution in [-0.2, 0) is 9.47 Å². The molecule has 1 saturated heterocycles. The summed E-state index contributed by atoms with van der Waals surface area (Å²) in [5, 5.41) is 2.91. The fourth-order valence-corrected chi connectivity index (χ4v) is 2.47. The number of rotatable bonds is 9. The second kappa shape index (κ2) is 10.2. The summed E-state index contributed by atoms with van der Waals surface area (Å²) in [6.45, 7) is 5.30. The second-order valence-corrected chi connectivity index (χ2v) is 6.48. The molecule has 0 atom stereocenters. The second-order valence-electron chi connectivity index (χ2n) is 6.48. The molecule has 9 nitrogen and oxygen atoms in total. The maximum atomic E-state index is 12.5. The Balaban J connectivity index is 2.19. The average Bonchev–Trinajstić information content (AvgIpc) is 2.66. The summed E-state index contributed by atoms with van der Waals surface area (Å²) < 4.78 is 10.5. The lowest BCUT2D eigenvalue weighted by atomic mass is 10.3. The molecule has 146 valence electrons. The molecule has 1 aromatic rings. The molecule has 0 radical (unpaired) electrons. The smallest absolute Gasteiger partial charge is 0.270 e. The number of ether oxygens (including phenoxy) is 2. The topological polar surface area (TPSA) is 83.1 Å². The van der Waals surface area contributed by atoms with Gasteiger partial charge in [-0.05, 0) is 14.1 Å². The Bertz CT molecular complexity index is 578. The van der Waals surface area contributed by atoms with E-state index in [1.165, 1.54) is 0 Å². The SMILES string of the molecule is COCCN(C)c1cc(C(=O)NCCN(C)C)nc(N2CCOCC2)n1. The van der Waals surface area contributed by atoms with Gasteiger partial charge in [-0.2, -0.15) is 4.98 Å². The van der Waals surface area contributed by atoms with Gasteiger partial charge < -0.3 is 29.5 Å². The number of carbonyl (C=O) groups is 1. The molecule has 2 rings (SSSR count). The largest absolute Gasteiger partial charge is 0.383 e. The van der Waals surface area contributed by atoms with Gasteiger partial charge in [0.1, 0.15) is 11.5 Å². The third-order valence-corrected chi connectivity index (χ3v) is 4.09. The summed E-state index contributed by atoms with van der Waals surface area (Å²) in [7, 11) is 7.53. The Kier molecular flexibility index (Phi) is 8.02. The van der Waals surface area contributed by atoms with E-state index in [4.69, 9.17) is 9.47 Å². The molecule has 0 aliphatic carbocycles. The molecule has 1 aliphatic heterocycles. The Labute approximate surface area is 155 Å². The van der Waals surface area contributed by atoms with Crippen LogP contribution in [0.5, 0.6) is 0 Å². The maximum Gasteiger partial charge on any atom is 0.270 e. The van der Waals surface area contributed by atoms with Crippen LogP contribution < -0.4 is 15.1 Å². The minimum Gasteiger partial charge on any atom is -0.383 e. The van der Waals surface area contributed by atoms with Crippen molar-refractivity contribution < 1.29 is 14.3 Å². The van der Waals surface area contributed by atoms with Crippen LogP contribution in [0.2, 0.25) is 0 Å². The number of morpholine rings is 1. The molecule has 1 aliphatic rings. The third-order valence-electron chi connectivity index (χ3n) is 4.09. The lowest BCUT2D eigenvalue weighted by Gasteiger charge is -2.28. The van der Waals surface area contributed by atoms with Crippen molar-refractivity contribution in [3.05, 3.63) is 11.8 Å².